The molecule has 0 spiro atoms. The molecule has 0 aliphatic carbocycles. The predicted molar refractivity (Wildman–Crippen MR) is 109 cm³/mol. The van der Waals surface area contributed by atoms with Crippen molar-refractivity contribution in [1.82, 2.24) is 12.7 Å². The first-order chi connectivity index (χ1) is 10.9. The fourth-order valence-electron chi connectivity index (χ4n) is 1.57. The van der Waals surface area contributed by atoms with E-state index in [1.165, 1.54) is 0 Å². The van der Waals surface area contributed by atoms with Crippen molar-refractivity contribution in [3.63, 3.8) is 0 Å². The van der Waals surface area contributed by atoms with Gasteiger partial charge in [0, 0.05) is 28.4 Å². The summed E-state index contributed by atoms with van der Waals surface area (Å²) in [4.78, 5) is 25.2. The Morgan fingerprint density at radius 2 is 1.17 bits per heavy atom. The number of hydrogen-bond acceptors (Lipinski definition) is 4. The molecule has 132 valence electrons. The second kappa shape index (κ2) is 7.86. The zero-order chi connectivity index (χ0) is 18.3. The zero-order valence-corrected chi connectivity index (χ0v) is 18.7. The lowest BCUT2D eigenvalue weighted by Gasteiger charge is -2.14. The summed E-state index contributed by atoms with van der Waals surface area (Å²) < 4.78 is -0.589. The van der Waals surface area contributed by atoms with E-state index in [-0.39, 0.29) is 0 Å². The molecule has 0 amide bonds. The van der Waals surface area contributed by atoms with Gasteiger partial charge >= 0.3 is 11.4 Å². The van der Waals surface area contributed by atoms with Gasteiger partial charge in [-0.1, -0.05) is 85.5 Å². The van der Waals surface area contributed by atoms with E-state index in [0.717, 1.165) is 17.2 Å². The van der Waals surface area contributed by atoms with Crippen molar-refractivity contribution in [2.45, 2.75) is 6.25 Å². The Bertz CT molecular complexity index is 804. The van der Waals surface area contributed by atoms with Crippen molar-refractivity contribution in [1.29, 1.82) is 0 Å². The number of aromatic nitrogens is 3. The molecule has 5 nitrogen and oxygen atoms in total. The number of alkyl halides is 6. The van der Waals surface area contributed by atoms with Gasteiger partial charge < -0.3 is 0 Å². The SMILES string of the molecule is O=c1n(-c2ccc(Br)cc2)c(=O)n(SC(Cl)(Cl)Cl)n1SC(Cl)(Cl)Cl. The van der Waals surface area contributed by atoms with Crippen LogP contribution in [-0.2, 0) is 0 Å². The van der Waals surface area contributed by atoms with Gasteiger partial charge in [-0.3, -0.25) is 0 Å². The Morgan fingerprint density at radius 1 is 0.792 bits per heavy atom. The van der Waals surface area contributed by atoms with Gasteiger partial charge in [0.2, 0.25) is 0 Å². The van der Waals surface area contributed by atoms with E-state index in [9.17, 15) is 9.59 Å². The van der Waals surface area contributed by atoms with Gasteiger partial charge in [-0.2, -0.15) is 8.17 Å². The van der Waals surface area contributed by atoms with Crippen LogP contribution in [0.5, 0.6) is 0 Å². The molecule has 1 aromatic carbocycles. The zero-order valence-electron chi connectivity index (χ0n) is 10.9. The largest absolute Gasteiger partial charge is 0.363 e. The predicted octanol–water partition coefficient (Wildman–Crippen LogP) is 5.21. The van der Waals surface area contributed by atoms with E-state index < -0.39 is 17.6 Å². The quantitative estimate of drug-likeness (QED) is 0.489. The molecular weight excluding hydrogens is 551 g/mol. The highest BCUT2D eigenvalue weighted by atomic mass is 79.9. The molecular formula is C10H4BrCl6N3O2S2. The fourth-order valence-corrected chi connectivity index (χ4v) is 4.21. The minimum atomic E-state index is -1.92. The molecule has 0 saturated heterocycles. The Hall–Kier alpha value is 0.880. The van der Waals surface area contributed by atoms with Crippen LogP contribution in [0.3, 0.4) is 0 Å². The van der Waals surface area contributed by atoms with E-state index in [1.54, 1.807) is 24.3 Å². The molecule has 24 heavy (non-hydrogen) atoms. The normalized spacial score (nSPS) is 12.6. The molecule has 0 bridgehead atoms. The number of benzene rings is 1. The Labute approximate surface area is 182 Å². The molecule has 0 aliphatic heterocycles. The van der Waals surface area contributed by atoms with Crippen LogP contribution in [0.2, 0.25) is 0 Å². The van der Waals surface area contributed by atoms with Crippen LogP contribution >= 0.6 is 109 Å². The van der Waals surface area contributed by atoms with Crippen molar-refractivity contribution < 1.29 is 0 Å². The van der Waals surface area contributed by atoms with Crippen LogP contribution in [0, 0.1) is 0 Å². The smallest absolute Gasteiger partial charge is 0.244 e. The Morgan fingerprint density at radius 3 is 1.50 bits per heavy atom. The summed E-state index contributed by atoms with van der Waals surface area (Å²) in [5, 5.41) is 0. The van der Waals surface area contributed by atoms with Crippen molar-refractivity contribution in [2.24, 2.45) is 0 Å². The van der Waals surface area contributed by atoms with Gasteiger partial charge in [0.05, 0.1) is 5.69 Å². The van der Waals surface area contributed by atoms with Gasteiger partial charge in [0.1, 0.15) is 0 Å². The molecule has 2 rings (SSSR count). The third-order valence-corrected chi connectivity index (χ3v) is 5.61. The summed E-state index contributed by atoms with van der Waals surface area (Å²) in [5.74, 6) is 0. The topological polar surface area (TPSA) is 48.9 Å². The molecule has 0 radical (unpaired) electrons. The van der Waals surface area contributed by atoms with Gasteiger partial charge in [-0.05, 0) is 24.3 Å². The maximum absolute atomic E-state index is 12.6. The van der Waals surface area contributed by atoms with Crippen molar-refractivity contribution in [2.75, 3.05) is 0 Å². The van der Waals surface area contributed by atoms with Crippen molar-refractivity contribution >= 4 is 109 Å². The maximum atomic E-state index is 12.6. The highest BCUT2D eigenvalue weighted by molar-refractivity contribution is 9.10. The third-order valence-electron chi connectivity index (χ3n) is 2.34. The molecule has 0 fully saturated rings. The van der Waals surface area contributed by atoms with E-state index >= 15 is 0 Å². The number of hydrogen-bond donors (Lipinski definition) is 0. The Balaban J connectivity index is 2.69. The number of nitrogens with zero attached hydrogens (tertiary/aromatic N) is 3. The first-order valence-electron chi connectivity index (χ1n) is 5.64. The first kappa shape index (κ1) is 21.2. The number of rotatable bonds is 3. The summed E-state index contributed by atoms with van der Waals surface area (Å²) in [5.41, 5.74) is -1.25. The molecule has 1 heterocycles. The molecule has 14 heteroatoms. The minimum absolute atomic E-state index is 0.301. The van der Waals surface area contributed by atoms with Crippen molar-refractivity contribution in [3.8, 4) is 5.69 Å². The molecule has 1 aromatic heterocycles. The standard InChI is InChI=1S/C10H4BrCl6N3O2S2/c11-5-1-3-6(4-2-5)18-7(21)19(23-9(12,13)14)20(8(18)22)24-10(15,16)17/h1-4H. The first-order valence-corrected chi connectivity index (χ1v) is 10.3. The summed E-state index contributed by atoms with van der Waals surface area (Å²) in [7, 11) is 0. The van der Waals surface area contributed by atoms with Gasteiger partial charge in [-0.25, -0.2) is 14.2 Å². The average molecular weight is 555 g/mol. The van der Waals surface area contributed by atoms with Crippen LogP contribution in [0.15, 0.2) is 38.3 Å². The van der Waals surface area contributed by atoms with Crippen LogP contribution in [0.1, 0.15) is 0 Å². The van der Waals surface area contributed by atoms with Gasteiger partial charge in [0.15, 0.2) is 0 Å². The van der Waals surface area contributed by atoms with E-state index in [2.05, 4.69) is 15.9 Å². The van der Waals surface area contributed by atoms with E-state index in [1.807, 2.05) is 0 Å². The van der Waals surface area contributed by atoms with Gasteiger partial charge in [-0.15, -0.1) is 0 Å². The third kappa shape index (κ3) is 5.44. The van der Waals surface area contributed by atoms with E-state index in [0.29, 0.717) is 29.6 Å². The maximum Gasteiger partial charge on any atom is 0.363 e. The second-order valence-electron chi connectivity index (χ2n) is 4.00. The van der Waals surface area contributed by atoms with Crippen LogP contribution in [-0.4, -0.2) is 19.0 Å². The molecule has 0 N–H and O–H groups in total. The summed E-state index contributed by atoms with van der Waals surface area (Å²) in [6.45, 7) is 0. The molecule has 0 saturated carbocycles. The lowest BCUT2D eigenvalue weighted by Crippen LogP contribution is -2.26. The second-order valence-corrected chi connectivity index (χ2v) is 13.1. The number of halogens is 7. The fraction of sp³-hybridized carbons (Fsp3) is 0.200. The summed E-state index contributed by atoms with van der Waals surface area (Å²) in [6.07, 6.45) is 0. The van der Waals surface area contributed by atoms with Crippen LogP contribution in [0.4, 0.5) is 0 Å². The molecule has 0 unspecified atom stereocenters. The summed E-state index contributed by atoms with van der Waals surface area (Å²) >= 11 is 38.4. The van der Waals surface area contributed by atoms with Crippen molar-refractivity contribution in [3.05, 3.63) is 49.7 Å². The average Bonchev–Trinajstić information content (AvgIpc) is 2.61. The highest BCUT2D eigenvalue weighted by Gasteiger charge is 2.32. The lowest BCUT2D eigenvalue weighted by atomic mass is 10.3. The molecule has 0 atom stereocenters. The van der Waals surface area contributed by atoms with E-state index in [4.69, 9.17) is 69.6 Å². The molecule has 2 aromatic rings. The highest BCUT2D eigenvalue weighted by Crippen LogP contribution is 2.42. The monoisotopic (exact) mass is 551 g/mol. The molecule has 0 aliphatic rings. The van der Waals surface area contributed by atoms with Crippen LogP contribution < -0.4 is 11.4 Å². The Kier molecular flexibility index (Phi) is 6.94. The minimum Gasteiger partial charge on any atom is -0.244 e. The summed E-state index contributed by atoms with van der Waals surface area (Å²) in [6, 6.07) is 6.43. The van der Waals surface area contributed by atoms with Gasteiger partial charge in [0.25, 0.3) is 6.25 Å². The lowest BCUT2D eigenvalue weighted by molar-refractivity contribution is 0.888. The van der Waals surface area contributed by atoms with Crippen LogP contribution in [0.25, 0.3) is 5.69 Å².